The SMILES string of the molecule is Cn1cncc1-c1cc(/C=C/c2cccnn2)c2cc(CCN)c(Cl)cc2n1. The smallest absolute Gasteiger partial charge is 0.0948 e. The van der Waals surface area contributed by atoms with Crippen LogP contribution in [0, 0.1) is 0 Å². The Morgan fingerprint density at radius 2 is 2.11 bits per heavy atom. The Labute approximate surface area is 167 Å². The lowest BCUT2D eigenvalue weighted by Crippen LogP contribution is -2.03. The molecule has 140 valence electrons. The van der Waals surface area contributed by atoms with Gasteiger partial charge in [-0.2, -0.15) is 10.2 Å². The molecule has 0 radical (unpaired) electrons. The van der Waals surface area contributed by atoms with Gasteiger partial charge in [0.25, 0.3) is 0 Å². The minimum atomic E-state index is 0.538. The second-order valence-corrected chi connectivity index (χ2v) is 6.88. The number of halogens is 1. The van der Waals surface area contributed by atoms with Gasteiger partial charge in [0.15, 0.2) is 0 Å². The fourth-order valence-corrected chi connectivity index (χ4v) is 3.37. The van der Waals surface area contributed by atoms with Gasteiger partial charge in [-0.25, -0.2) is 9.97 Å². The Kier molecular flexibility index (Phi) is 5.14. The number of nitrogens with two attached hydrogens (primary N) is 1. The summed E-state index contributed by atoms with van der Waals surface area (Å²) >= 11 is 6.47. The number of benzene rings is 1. The van der Waals surface area contributed by atoms with Crippen molar-refractivity contribution >= 4 is 34.7 Å². The van der Waals surface area contributed by atoms with Gasteiger partial charge in [-0.3, -0.25) is 0 Å². The molecule has 4 rings (SSSR count). The Morgan fingerprint density at radius 3 is 2.82 bits per heavy atom. The zero-order valence-corrected chi connectivity index (χ0v) is 16.1. The van der Waals surface area contributed by atoms with Gasteiger partial charge in [0.1, 0.15) is 0 Å². The summed E-state index contributed by atoms with van der Waals surface area (Å²) in [6.45, 7) is 0.538. The number of imidazole rings is 1. The van der Waals surface area contributed by atoms with E-state index in [-0.39, 0.29) is 0 Å². The molecule has 7 heteroatoms. The second-order valence-electron chi connectivity index (χ2n) is 6.47. The molecule has 4 aromatic rings. The van der Waals surface area contributed by atoms with Crippen molar-refractivity contribution in [2.75, 3.05) is 6.54 Å². The molecule has 0 atom stereocenters. The first-order chi connectivity index (χ1) is 13.7. The van der Waals surface area contributed by atoms with Gasteiger partial charge in [-0.05, 0) is 60.5 Å². The zero-order chi connectivity index (χ0) is 19.5. The molecule has 0 aliphatic heterocycles. The highest BCUT2D eigenvalue weighted by molar-refractivity contribution is 6.32. The second kappa shape index (κ2) is 7.88. The van der Waals surface area contributed by atoms with E-state index in [1.54, 1.807) is 18.7 Å². The van der Waals surface area contributed by atoms with E-state index in [0.717, 1.165) is 39.1 Å². The maximum Gasteiger partial charge on any atom is 0.0948 e. The molecule has 0 aliphatic carbocycles. The number of nitrogens with zero attached hydrogens (tertiary/aromatic N) is 5. The van der Waals surface area contributed by atoms with Crippen LogP contribution in [0.15, 0.2) is 49.1 Å². The molecule has 0 spiro atoms. The van der Waals surface area contributed by atoms with Gasteiger partial charge in [0.2, 0.25) is 0 Å². The number of hydrogen-bond donors (Lipinski definition) is 1. The van der Waals surface area contributed by atoms with E-state index in [1.165, 1.54) is 0 Å². The van der Waals surface area contributed by atoms with Crippen LogP contribution >= 0.6 is 11.6 Å². The standard InChI is InChI=1S/C21H19ClN6/c1-28-13-24-12-21(28)20-10-14(4-5-16-3-2-8-25-27-16)17-9-15(6-7-23)18(22)11-19(17)26-20/h2-5,8-13H,6-7,23H2,1H3/b5-4+. The monoisotopic (exact) mass is 390 g/mol. The minimum Gasteiger partial charge on any atom is -0.332 e. The van der Waals surface area contributed by atoms with Crippen molar-refractivity contribution in [2.45, 2.75) is 6.42 Å². The summed E-state index contributed by atoms with van der Waals surface area (Å²) in [6.07, 6.45) is 9.88. The number of pyridine rings is 1. The normalized spacial score (nSPS) is 11.5. The number of aryl methyl sites for hydroxylation is 1. The van der Waals surface area contributed by atoms with Crippen molar-refractivity contribution in [2.24, 2.45) is 12.8 Å². The highest BCUT2D eigenvalue weighted by Gasteiger charge is 2.12. The third-order valence-corrected chi connectivity index (χ3v) is 4.88. The summed E-state index contributed by atoms with van der Waals surface area (Å²) in [5.41, 5.74) is 11.1. The molecule has 0 saturated carbocycles. The number of aromatic nitrogens is 5. The summed E-state index contributed by atoms with van der Waals surface area (Å²) < 4.78 is 1.94. The summed E-state index contributed by atoms with van der Waals surface area (Å²) in [6, 6.07) is 9.79. The van der Waals surface area contributed by atoms with Gasteiger partial charge >= 0.3 is 0 Å². The van der Waals surface area contributed by atoms with E-state index in [9.17, 15) is 0 Å². The van der Waals surface area contributed by atoms with E-state index in [4.69, 9.17) is 22.3 Å². The van der Waals surface area contributed by atoms with Crippen LogP contribution in [-0.4, -0.2) is 31.3 Å². The number of fused-ring (bicyclic) bond motifs is 1. The number of hydrogen-bond acceptors (Lipinski definition) is 5. The van der Waals surface area contributed by atoms with Crippen molar-refractivity contribution in [3.05, 3.63) is 70.9 Å². The molecule has 1 aromatic carbocycles. The molecule has 0 fully saturated rings. The van der Waals surface area contributed by atoms with E-state index in [0.29, 0.717) is 18.0 Å². The molecule has 6 nitrogen and oxygen atoms in total. The predicted molar refractivity (Wildman–Crippen MR) is 113 cm³/mol. The topological polar surface area (TPSA) is 82.5 Å². The fraction of sp³-hybridized carbons (Fsp3) is 0.143. The molecule has 0 unspecified atom stereocenters. The first-order valence-electron chi connectivity index (χ1n) is 8.91. The highest BCUT2D eigenvalue weighted by Crippen LogP contribution is 2.30. The summed E-state index contributed by atoms with van der Waals surface area (Å²) in [5.74, 6) is 0. The van der Waals surface area contributed by atoms with Crippen LogP contribution in [0.5, 0.6) is 0 Å². The first kappa shape index (κ1) is 18.3. The predicted octanol–water partition coefficient (Wildman–Crippen LogP) is 3.75. The largest absolute Gasteiger partial charge is 0.332 e. The van der Waals surface area contributed by atoms with E-state index >= 15 is 0 Å². The van der Waals surface area contributed by atoms with Gasteiger partial charge in [0, 0.05) is 23.7 Å². The third kappa shape index (κ3) is 3.65. The van der Waals surface area contributed by atoms with Gasteiger partial charge in [0.05, 0.1) is 35.1 Å². The zero-order valence-electron chi connectivity index (χ0n) is 15.4. The lowest BCUT2D eigenvalue weighted by molar-refractivity contribution is 0.917. The lowest BCUT2D eigenvalue weighted by atomic mass is 10.0. The maximum atomic E-state index is 6.47. The van der Waals surface area contributed by atoms with Crippen molar-refractivity contribution in [3.8, 4) is 11.4 Å². The van der Waals surface area contributed by atoms with Crippen LogP contribution in [0.2, 0.25) is 5.02 Å². The van der Waals surface area contributed by atoms with Crippen LogP contribution in [0.4, 0.5) is 0 Å². The third-order valence-electron chi connectivity index (χ3n) is 4.53. The molecule has 3 heterocycles. The van der Waals surface area contributed by atoms with Crippen LogP contribution in [0.1, 0.15) is 16.8 Å². The van der Waals surface area contributed by atoms with Crippen LogP contribution in [0.3, 0.4) is 0 Å². The highest BCUT2D eigenvalue weighted by atomic mass is 35.5. The molecular weight excluding hydrogens is 372 g/mol. The Hall–Kier alpha value is -3.09. The number of rotatable bonds is 5. The van der Waals surface area contributed by atoms with Crippen LogP contribution in [0.25, 0.3) is 34.4 Å². The fourth-order valence-electron chi connectivity index (χ4n) is 3.12. The van der Waals surface area contributed by atoms with E-state index in [1.807, 2.05) is 48.0 Å². The summed E-state index contributed by atoms with van der Waals surface area (Å²) in [4.78, 5) is 9.02. The molecule has 3 aromatic heterocycles. The van der Waals surface area contributed by atoms with Crippen LogP contribution in [-0.2, 0) is 13.5 Å². The Balaban J connectivity index is 1.91. The van der Waals surface area contributed by atoms with Crippen molar-refractivity contribution in [1.82, 2.24) is 24.7 Å². The van der Waals surface area contributed by atoms with Gasteiger partial charge < -0.3 is 10.3 Å². The first-order valence-corrected chi connectivity index (χ1v) is 9.29. The molecule has 0 bridgehead atoms. The molecule has 2 N–H and O–H groups in total. The molecule has 0 saturated heterocycles. The molecule has 28 heavy (non-hydrogen) atoms. The van der Waals surface area contributed by atoms with E-state index in [2.05, 4.69) is 21.2 Å². The van der Waals surface area contributed by atoms with Crippen molar-refractivity contribution in [1.29, 1.82) is 0 Å². The lowest BCUT2D eigenvalue weighted by Gasteiger charge is -2.11. The Bertz CT molecular complexity index is 1150. The minimum absolute atomic E-state index is 0.538. The Morgan fingerprint density at radius 1 is 1.21 bits per heavy atom. The van der Waals surface area contributed by atoms with Gasteiger partial charge in [-0.15, -0.1) is 0 Å². The van der Waals surface area contributed by atoms with E-state index < -0.39 is 0 Å². The molecule has 0 amide bonds. The molecule has 0 aliphatic rings. The average molecular weight is 391 g/mol. The van der Waals surface area contributed by atoms with Crippen molar-refractivity contribution in [3.63, 3.8) is 0 Å². The van der Waals surface area contributed by atoms with Crippen LogP contribution < -0.4 is 5.73 Å². The average Bonchev–Trinajstić information content (AvgIpc) is 3.13. The summed E-state index contributed by atoms with van der Waals surface area (Å²) in [5, 5.41) is 9.73. The molecular formula is C21H19ClN6. The quantitative estimate of drug-likeness (QED) is 0.561. The van der Waals surface area contributed by atoms with Crippen molar-refractivity contribution < 1.29 is 0 Å². The summed E-state index contributed by atoms with van der Waals surface area (Å²) in [7, 11) is 1.95. The maximum absolute atomic E-state index is 6.47. The van der Waals surface area contributed by atoms with Gasteiger partial charge in [-0.1, -0.05) is 17.7 Å².